The first-order valence-electron chi connectivity index (χ1n) is 23.3. The van der Waals surface area contributed by atoms with Crippen molar-refractivity contribution in [2.24, 2.45) is 0 Å². The van der Waals surface area contributed by atoms with E-state index in [1.54, 1.807) is 0 Å². The number of nitrogens with zero attached hydrogens (tertiary/aromatic N) is 4. The van der Waals surface area contributed by atoms with Gasteiger partial charge < -0.3 is 4.57 Å². The van der Waals surface area contributed by atoms with Gasteiger partial charge in [0.25, 0.3) is 0 Å². The van der Waals surface area contributed by atoms with Gasteiger partial charge in [-0.15, -0.1) is 0 Å². The Balaban J connectivity index is 0.913. The molecule has 2 aliphatic carbocycles. The molecule has 0 radical (unpaired) electrons. The van der Waals surface area contributed by atoms with Crippen LogP contribution in [0.3, 0.4) is 0 Å². The van der Waals surface area contributed by atoms with Crippen LogP contribution < -0.4 is 0 Å². The van der Waals surface area contributed by atoms with E-state index >= 15 is 0 Å². The standard InChI is InChI=1S/C64H40N4/c1-3-17-41(18-4-1)43-21-15-22-46(37-43)62-65-61(42-19-5-2-6-20-42)66-63(67-62)47-23-16-24-48(38-47)68-59-32-14-10-28-52(59)53-35-33-45(40-60(53)68)44-34-36-58-54(39-44)51-27-9-13-31-57(51)64(58)55-29-11-7-25-49(55)50-26-8-12-30-56(50)64/h1-40H. The lowest BCUT2D eigenvalue weighted by molar-refractivity contribution is 0.794. The molecule has 4 nitrogen and oxygen atoms in total. The molecular formula is C64H40N4. The third kappa shape index (κ3) is 5.71. The summed E-state index contributed by atoms with van der Waals surface area (Å²) in [6, 6.07) is 87.6. The van der Waals surface area contributed by atoms with Gasteiger partial charge in [0.1, 0.15) is 0 Å². The Labute approximate surface area is 394 Å². The molecule has 68 heavy (non-hydrogen) atoms. The molecule has 12 aromatic rings. The SMILES string of the molecule is c1ccc(-c2cccc(-c3nc(-c4ccccc4)nc(-c4cccc(-n5c6ccccc6c6ccc(-c7ccc8c(c7)-c7ccccc7C87c8ccccc8-c8ccccc87)cc65)c4)n3)c2)cc1. The van der Waals surface area contributed by atoms with E-state index in [-0.39, 0.29) is 5.41 Å². The molecule has 14 rings (SSSR count). The van der Waals surface area contributed by atoms with Crippen LogP contribution in [-0.2, 0) is 5.41 Å². The summed E-state index contributed by atoms with van der Waals surface area (Å²) in [6.07, 6.45) is 0. The van der Waals surface area contributed by atoms with E-state index in [1.807, 2.05) is 24.3 Å². The van der Waals surface area contributed by atoms with Crippen LogP contribution in [-0.4, -0.2) is 19.5 Å². The number of para-hydroxylation sites is 1. The first-order valence-corrected chi connectivity index (χ1v) is 23.3. The van der Waals surface area contributed by atoms with E-state index in [4.69, 9.17) is 15.0 Å². The van der Waals surface area contributed by atoms with E-state index in [9.17, 15) is 0 Å². The number of hydrogen-bond donors (Lipinski definition) is 0. The van der Waals surface area contributed by atoms with Crippen molar-refractivity contribution in [2.45, 2.75) is 5.41 Å². The minimum Gasteiger partial charge on any atom is -0.309 e. The zero-order valence-corrected chi connectivity index (χ0v) is 36.9. The molecular weight excluding hydrogens is 825 g/mol. The molecule has 4 heteroatoms. The van der Waals surface area contributed by atoms with Crippen molar-refractivity contribution in [1.82, 2.24) is 19.5 Å². The largest absolute Gasteiger partial charge is 0.309 e. The summed E-state index contributed by atoms with van der Waals surface area (Å²) in [4.78, 5) is 15.4. The lowest BCUT2D eigenvalue weighted by atomic mass is 9.70. The molecule has 2 aromatic heterocycles. The van der Waals surface area contributed by atoms with Crippen molar-refractivity contribution in [3.05, 3.63) is 265 Å². The molecule has 2 aliphatic rings. The number of fused-ring (bicyclic) bond motifs is 13. The van der Waals surface area contributed by atoms with Gasteiger partial charge in [0.15, 0.2) is 17.5 Å². The van der Waals surface area contributed by atoms with Crippen molar-refractivity contribution < 1.29 is 0 Å². The summed E-state index contributed by atoms with van der Waals surface area (Å²) >= 11 is 0. The fraction of sp³-hybridized carbons (Fsp3) is 0.0156. The van der Waals surface area contributed by atoms with Crippen molar-refractivity contribution in [1.29, 1.82) is 0 Å². The zero-order valence-electron chi connectivity index (χ0n) is 36.9. The fourth-order valence-electron chi connectivity index (χ4n) is 11.3. The first-order chi connectivity index (χ1) is 33.7. The first kappa shape index (κ1) is 38.3. The van der Waals surface area contributed by atoms with Crippen LogP contribution in [0.25, 0.3) is 106 Å². The van der Waals surface area contributed by atoms with Gasteiger partial charge in [0, 0.05) is 33.2 Å². The highest BCUT2D eigenvalue weighted by Crippen LogP contribution is 2.63. The quantitative estimate of drug-likeness (QED) is 0.167. The minimum atomic E-state index is -0.369. The van der Waals surface area contributed by atoms with E-state index in [1.165, 1.54) is 66.4 Å². The van der Waals surface area contributed by atoms with Crippen molar-refractivity contribution in [3.63, 3.8) is 0 Å². The maximum atomic E-state index is 5.20. The molecule has 316 valence electrons. The lowest BCUT2D eigenvalue weighted by Gasteiger charge is -2.30. The fourth-order valence-corrected chi connectivity index (χ4v) is 11.3. The number of rotatable bonds is 6. The number of hydrogen-bond acceptors (Lipinski definition) is 3. The van der Waals surface area contributed by atoms with Crippen LogP contribution in [0.15, 0.2) is 243 Å². The summed E-state index contributed by atoms with van der Waals surface area (Å²) in [5.41, 5.74) is 20.9. The van der Waals surface area contributed by atoms with Crippen LogP contribution in [0.5, 0.6) is 0 Å². The second kappa shape index (κ2) is 15.0. The van der Waals surface area contributed by atoms with E-state index in [0.717, 1.165) is 44.5 Å². The van der Waals surface area contributed by atoms with Crippen molar-refractivity contribution in [3.8, 4) is 84.4 Å². The number of benzene rings is 10. The summed E-state index contributed by atoms with van der Waals surface area (Å²) in [7, 11) is 0. The van der Waals surface area contributed by atoms with Crippen molar-refractivity contribution >= 4 is 21.8 Å². The van der Waals surface area contributed by atoms with Crippen LogP contribution in [0, 0.1) is 0 Å². The molecule has 0 saturated carbocycles. The van der Waals surface area contributed by atoms with Gasteiger partial charge in [0.2, 0.25) is 0 Å². The van der Waals surface area contributed by atoms with Crippen molar-refractivity contribution in [2.75, 3.05) is 0 Å². The Kier molecular flexibility index (Phi) is 8.46. The predicted molar refractivity (Wildman–Crippen MR) is 278 cm³/mol. The number of aromatic nitrogens is 4. The van der Waals surface area contributed by atoms with Crippen LogP contribution in [0.2, 0.25) is 0 Å². The Morgan fingerprint density at radius 1 is 0.265 bits per heavy atom. The highest BCUT2D eigenvalue weighted by molar-refractivity contribution is 6.10. The molecule has 10 aromatic carbocycles. The summed E-state index contributed by atoms with van der Waals surface area (Å²) in [6.45, 7) is 0. The van der Waals surface area contributed by atoms with Gasteiger partial charge in [-0.25, -0.2) is 15.0 Å². The van der Waals surface area contributed by atoms with Gasteiger partial charge in [0.05, 0.1) is 16.4 Å². The van der Waals surface area contributed by atoms with Gasteiger partial charge in [-0.3, -0.25) is 0 Å². The topological polar surface area (TPSA) is 43.6 Å². The van der Waals surface area contributed by atoms with Crippen LogP contribution in [0.1, 0.15) is 22.3 Å². The minimum absolute atomic E-state index is 0.369. The average molecular weight is 865 g/mol. The normalized spacial score (nSPS) is 12.8. The smallest absolute Gasteiger partial charge is 0.164 e. The molecule has 1 spiro atoms. The highest BCUT2D eigenvalue weighted by atomic mass is 15.0. The van der Waals surface area contributed by atoms with Gasteiger partial charge in [-0.2, -0.15) is 0 Å². The third-order valence-corrected chi connectivity index (χ3v) is 14.3. The maximum Gasteiger partial charge on any atom is 0.164 e. The highest BCUT2D eigenvalue weighted by Gasteiger charge is 2.51. The van der Waals surface area contributed by atoms with Crippen LogP contribution >= 0.6 is 0 Å². The molecule has 0 saturated heterocycles. The Morgan fingerprint density at radius 2 is 0.721 bits per heavy atom. The van der Waals surface area contributed by atoms with Gasteiger partial charge in [-0.05, 0) is 103 Å². The van der Waals surface area contributed by atoms with Gasteiger partial charge in [-0.1, -0.05) is 206 Å². The zero-order chi connectivity index (χ0) is 44.8. The van der Waals surface area contributed by atoms with Gasteiger partial charge >= 0.3 is 0 Å². The summed E-state index contributed by atoms with van der Waals surface area (Å²) in [5.74, 6) is 1.88. The molecule has 2 heterocycles. The second-order valence-electron chi connectivity index (χ2n) is 17.9. The Bertz CT molecular complexity index is 3930. The molecule has 0 aliphatic heterocycles. The Morgan fingerprint density at radius 3 is 1.41 bits per heavy atom. The summed E-state index contributed by atoms with van der Waals surface area (Å²) < 4.78 is 2.39. The molecule has 0 amide bonds. The molecule has 0 atom stereocenters. The van der Waals surface area contributed by atoms with E-state index in [2.05, 4.69) is 223 Å². The van der Waals surface area contributed by atoms with Crippen LogP contribution in [0.4, 0.5) is 0 Å². The second-order valence-corrected chi connectivity index (χ2v) is 17.9. The predicted octanol–water partition coefficient (Wildman–Crippen LogP) is 15.6. The lowest BCUT2D eigenvalue weighted by Crippen LogP contribution is -2.25. The van der Waals surface area contributed by atoms with E-state index in [0.29, 0.717) is 17.5 Å². The molecule has 0 N–H and O–H groups in total. The summed E-state index contributed by atoms with van der Waals surface area (Å²) in [5, 5.41) is 2.40. The van der Waals surface area contributed by atoms with E-state index < -0.39 is 0 Å². The average Bonchev–Trinajstić information content (AvgIpc) is 4.03. The molecule has 0 unspecified atom stereocenters. The molecule has 0 fully saturated rings. The third-order valence-electron chi connectivity index (χ3n) is 14.3. The monoisotopic (exact) mass is 864 g/mol. The maximum absolute atomic E-state index is 5.20. The molecule has 0 bridgehead atoms. The Hall–Kier alpha value is -8.99.